The molecular weight excluding hydrogens is 256 g/mol. The fourth-order valence-electron chi connectivity index (χ4n) is 2.30. The second kappa shape index (κ2) is 7.26. The van der Waals surface area contributed by atoms with Crippen molar-refractivity contribution in [2.24, 2.45) is 13.0 Å². The molecule has 1 atom stereocenters. The van der Waals surface area contributed by atoms with Crippen LogP contribution in [0.5, 0.6) is 0 Å². The predicted molar refractivity (Wildman–Crippen MR) is 81.4 cm³/mol. The maximum absolute atomic E-state index is 12.3. The summed E-state index contributed by atoms with van der Waals surface area (Å²) in [5.41, 5.74) is -0.740. The molecule has 0 bridgehead atoms. The van der Waals surface area contributed by atoms with Crippen LogP contribution in [0.2, 0.25) is 0 Å². The highest BCUT2D eigenvalue weighted by Gasteiger charge is 2.15. The van der Waals surface area contributed by atoms with Crippen molar-refractivity contribution >= 4 is 5.95 Å². The Balaban J connectivity index is 3.11. The molecule has 0 saturated heterocycles. The molecule has 6 heteroatoms. The molecule has 0 aliphatic rings. The molecule has 0 amide bonds. The molecule has 1 heterocycles. The van der Waals surface area contributed by atoms with Gasteiger partial charge in [-0.1, -0.05) is 33.1 Å². The summed E-state index contributed by atoms with van der Waals surface area (Å²) >= 11 is 0. The van der Waals surface area contributed by atoms with E-state index in [-0.39, 0.29) is 5.69 Å². The van der Waals surface area contributed by atoms with E-state index in [2.05, 4.69) is 18.8 Å². The Bertz CT molecular complexity index is 545. The van der Waals surface area contributed by atoms with Crippen LogP contribution < -0.4 is 16.3 Å². The molecule has 0 fully saturated rings. The van der Waals surface area contributed by atoms with Gasteiger partial charge in [0, 0.05) is 27.7 Å². The van der Waals surface area contributed by atoms with E-state index in [0.29, 0.717) is 18.4 Å². The van der Waals surface area contributed by atoms with Crippen LogP contribution in [0.15, 0.2) is 9.59 Å². The van der Waals surface area contributed by atoms with Gasteiger partial charge in [-0.3, -0.25) is 4.57 Å². The molecule has 20 heavy (non-hydrogen) atoms. The largest absolute Gasteiger partial charge is 0.354 e. The fourth-order valence-corrected chi connectivity index (χ4v) is 2.30. The second-order valence-electron chi connectivity index (χ2n) is 5.46. The van der Waals surface area contributed by atoms with Crippen LogP contribution in [-0.2, 0) is 13.6 Å². The Morgan fingerprint density at radius 3 is 2.40 bits per heavy atom. The highest BCUT2D eigenvalue weighted by Crippen LogP contribution is 2.13. The lowest BCUT2D eigenvalue weighted by Crippen LogP contribution is -2.44. The van der Waals surface area contributed by atoms with Crippen molar-refractivity contribution in [3.63, 3.8) is 0 Å². The zero-order valence-electron chi connectivity index (χ0n) is 13.2. The Labute approximate surface area is 120 Å². The summed E-state index contributed by atoms with van der Waals surface area (Å²) in [6, 6.07) is 0. The molecule has 6 nitrogen and oxygen atoms in total. The first-order chi connectivity index (χ1) is 9.42. The first kappa shape index (κ1) is 16.5. The number of anilines is 1. The van der Waals surface area contributed by atoms with Crippen LogP contribution in [0.1, 0.15) is 39.5 Å². The van der Waals surface area contributed by atoms with E-state index >= 15 is 0 Å². The molecule has 0 radical (unpaired) electrons. The van der Waals surface area contributed by atoms with Crippen LogP contribution in [0.3, 0.4) is 0 Å². The van der Waals surface area contributed by atoms with E-state index in [1.807, 2.05) is 0 Å². The maximum atomic E-state index is 12.3. The van der Waals surface area contributed by atoms with Gasteiger partial charge in [0.1, 0.15) is 0 Å². The van der Waals surface area contributed by atoms with Gasteiger partial charge in [0.25, 0.3) is 0 Å². The molecule has 0 N–H and O–H groups in total. The van der Waals surface area contributed by atoms with Gasteiger partial charge in [-0.15, -0.1) is 0 Å². The quantitative estimate of drug-likeness (QED) is 0.754. The SMILES string of the molecule is CCCCC(CC)Cn1c(=O)nc(N(C)C)n(C)c1=O. The monoisotopic (exact) mass is 282 g/mol. The number of nitrogens with zero attached hydrogens (tertiary/aromatic N) is 4. The Morgan fingerprint density at radius 2 is 1.90 bits per heavy atom. The third kappa shape index (κ3) is 3.71. The summed E-state index contributed by atoms with van der Waals surface area (Å²) in [6.07, 6.45) is 4.25. The molecule has 0 aliphatic carbocycles. The average molecular weight is 282 g/mol. The average Bonchev–Trinajstić information content (AvgIpc) is 2.41. The minimum atomic E-state index is -0.452. The second-order valence-corrected chi connectivity index (χ2v) is 5.46. The summed E-state index contributed by atoms with van der Waals surface area (Å²) in [4.78, 5) is 30.0. The van der Waals surface area contributed by atoms with E-state index < -0.39 is 5.69 Å². The zero-order valence-corrected chi connectivity index (χ0v) is 13.2. The normalized spacial score (nSPS) is 12.4. The third-order valence-corrected chi connectivity index (χ3v) is 3.63. The van der Waals surface area contributed by atoms with E-state index in [1.165, 1.54) is 9.13 Å². The van der Waals surface area contributed by atoms with Crippen LogP contribution in [0, 0.1) is 5.92 Å². The highest BCUT2D eigenvalue weighted by atomic mass is 16.2. The van der Waals surface area contributed by atoms with Crippen molar-refractivity contribution in [1.82, 2.24) is 14.1 Å². The predicted octanol–water partition coefficient (Wildman–Crippen LogP) is 1.22. The highest BCUT2D eigenvalue weighted by molar-refractivity contribution is 5.25. The van der Waals surface area contributed by atoms with Crippen LogP contribution in [-0.4, -0.2) is 28.2 Å². The van der Waals surface area contributed by atoms with Crippen LogP contribution in [0.25, 0.3) is 0 Å². The van der Waals surface area contributed by atoms with E-state index in [9.17, 15) is 9.59 Å². The summed E-state index contributed by atoms with van der Waals surface area (Å²) in [5, 5.41) is 0. The van der Waals surface area contributed by atoms with E-state index in [0.717, 1.165) is 25.7 Å². The van der Waals surface area contributed by atoms with Crippen molar-refractivity contribution in [2.45, 2.75) is 46.1 Å². The van der Waals surface area contributed by atoms with Gasteiger partial charge in [-0.25, -0.2) is 14.2 Å². The lowest BCUT2D eigenvalue weighted by molar-refractivity contribution is 0.368. The van der Waals surface area contributed by atoms with Gasteiger partial charge in [0.2, 0.25) is 5.95 Å². The molecule has 1 aromatic heterocycles. The van der Waals surface area contributed by atoms with Gasteiger partial charge < -0.3 is 4.90 Å². The van der Waals surface area contributed by atoms with Gasteiger partial charge in [-0.05, 0) is 12.3 Å². The molecule has 1 rings (SSSR count). The Morgan fingerprint density at radius 1 is 1.25 bits per heavy atom. The van der Waals surface area contributed by atoms with Crippen molar-refractivity contribution in [1.29, 1.82) is 0 Å². The zero-order chi connectivity index (χ0) is 15.3. The van der Waals surface area contributed by atoms with E-state index in [4.69, 9.17) is 0 Å². The van der Waals surface area contributed by atoms with Crippen molar-refractivity contribution in [3.8, 4) is 0 Å². The minimum absolute atomic E-state index is 0.288. The summed E-state index contributed by atoms with van der Waals surface area (Å²) in [6.45, 7) is 4.70. The summed E-state index contributed by atoms with van der Waals surface area (Å²) < 4.78 is 2.69. The molecule has 1 unspecified atom stereocenters. The maximum Gasteiger partial charge on any atom is 0.354 e. The summed E-state index contributed by atoms with van der Waals surface area (Å²) in [7, 11) is 5.18. The molecule has 0 saturated carbocycles. The Hall–Kier alpha value is -1.59. The first-order valence-corrected chi connectivity index (χ1v) is 7.27. The molecule has 0 spiro atoms. The first-order valence-electron chi connectivity index (χ1n) is 7.27. The number of unbranched alkanes of at least 4 members (excludes halogenated alkanes) is 1. The fraction of sp³-hybridized carbons (Fsp3) is 0.786. The molecule has 114 valence electrons. The molecule has 0 aliphatic heterocycles. The van der Waals surface area contributed by atoms with Gasteiger partial charge >= 0.3 is 11.4 Å². The summed E-state index contributed by atoms with van der Waals surface area (Å²) in [5.74, 6) is 0.741. The number of hydrogen-bond donors (Lipinski definition) is 0. The lowest BCUT2D eigenvalue weighted by atomic mass is 9.99. The number of hydrogen-bond acceptors (Lipinski definition) is 4. The van der Waals surface area contributed by atoms with Gasteiger partial charge in [0.05, 0.1) is 0 Å². The van der Waals surface area contributed by atoms with Crippen LogP contribution in [0.4, 0.5) is 5.95 Å². The van der Waals surface area contributed by atoms with Gasteiger partial charge in [-0.2, -0.15) is 4.98 Å². The number of aromatic nitrogens is 3. The molecule has 0 aromatic carbocycles. The van der Waals surface area contributed by atoms with Crippen LogP contribution >= 0.6 is 0 Å². The van der Waals surface area contributed by atoms with Gasteiger partial charge in [0.15, 0.2) is 0 Å². The third-order valence-electron chi connectivity index (χ3n) is 3.63. The molecular formula is C14H26N4O2. The number of rotatable bonds is 7. The van der Waals surface area contributed by atoms with Crippen molar-refractivity contribution < 1.29 is 0 Å². The lowest BCUT2D eigenvalue weighted by Gasteiger charge is -2.18. The minimum Gasteiger partial charge on any atom is -0.348 e. The van der Waals surface area contributed by atoms with Crippen molar-refractivity contribution in [3.05, 3.63) is 21.0 Å². The van der Waals surface area contributed by atoms with Crippen molar-refractivity contribution in [2.75, 3.05) is 19.0 Å². The molecule has 1 aromatic rings. The standard InChI is InChI=1S/C14H26N4O2/c1-6-8-9-11(7-2)10-18-13(19)15-12(16(3)4)17(5)14(18)20/h11H,6-10H2,1-5H3. The smallest absolute Gasteiger partial charge is 0.348 e. The van der Waals surface area contributed by atoms with E-state index in [1.54, 1.807) is 26.0 Å². The Kier molecular flexibility index (Phi) is 5.98. The topological polar surface area (TPSA) is 60.1 Å².